The Balaban J connectivity index is 1.52. The number of halogens is 2. The van der Waals surface area contributed by atoms with Crippen LogP contribution in [0.5, 0.6) is 0 Å². The lowest BCUT2D eigenvalue weighted by Gasteiger charge is -2.12. The number of imidazole rings is 1. The Bertz CT molecular complexity index is 2060. The molecular weight excluding hydrogens is 587 g/mol. The average molecular weight is 607 g/mol. The fraction of sp³-hybridized carbons (Fsp3) is 0.0741. The summed E-state index contributed by atoms with van der Waals surface area (Å²) in [5.41, 5.74) is 9.29. The smallest absolute Gasteiger partial charge is 0.268 e. The molecule has 0 fully saturated rings. The summed E-state index contributed by atoms with van der Waals surface area (Å²) < 4.78 is 44.5. The van der Waals surface area contributed by atoms with Gasteiger partial charge in [-0.15, -0.1) is 0 Å². The van der Waals surface area contributed by atoms with Gasteiger partial charge in [-0.1, -0.05) is 17.7 Å². The van der Waals surface area contributed by atoms with Gasteiger partial charge in [0.05, 0.1) is 43.4 Å². The molecule has 0 aliphatic rings. The maximum Gasteiger partial charge on any atom is 0.268 e. The van der Waals surface area contributed by atoms with E-state index in [1.165, 1.54) is 41.2 Å². The van der Waals surface area contributed by atoms with Crippen molar-refractivity contribution in [1.29, 1.82) is 0 Å². The van der Waals surface area contributed by atoms with Crippen molar-refractivity contribution in [2.45, 2.75) is 18.7 Å². The van der Waals surface area contributed by atoms with Gasteiger partial charge >= 0.3 is 0 Å². The largest absolute Gasteiger partial charge is 0.383 e. The van der Waals surface area contributed by atoms with Crippen LogP contribution in [0, 0.1) is 19.7 Å². The highest BCUT2D eigenvalue weighted by atomic mass is 79.9. The zero-order valence-corrected chi connectivity index (χ0v) is 23.0. The summed E-state index contributed by atoms with van der Waals surface area (Å²) >= 11 is 3.12. The number of rotatable bonds is 5. The summed E-state index contributed by atoms with van der Waals surface area (Å²) in [6, 6.07) is 15.5. The third kappa shape index (κ3) is 4.03. The second kappa shape index (κ2) is 8.89. The van der Waals surface area contributed by atoms with Crippen molar-refractivity contribution in [1.82, 2.24) is 23.7 Å². The number of nitrogens with one attached hydrogen (secondary N) is 1. The van der Waals surface area contributed by atoms with E-state index in [2.05, 4.69) is 31.0 Å². The number of aromatic amines is 1. The SMILES string of the molecule is Cc1ccc(S(=O)(=O)n2c(C(=O)c3cnn(-c4ccc5[nH]c(C)nc5c4)c3N)cc3cc(F)c(Br)cc32)cc1. The third-order valence-electron chi connectivity index (χ3n) is 6.47. The molecule has 12 heteroatoms. The standard InChI is InChI=1S/C27H20BrFN6O3S/c1-14-3-6-18(7-4-14)39(37,38)35-24-12-20(28)21(29)9-16(24)10-25(35)26(36)19-13-31-34(27(19)30)17-5-8-22-23(11-17)33-15(2)32-22/h3-13H,30H2,1-2H3,(H,32,33). The van der Waals surface area contributed by atoms with E-state index < -0.39 is 21.6 Å². The molecule has 3 heterocycles. The van der Waals surface area contributed by atoms with Crippen molar-refractivity contribution in [2.75, 3.05) is 5.73 Å². The third-order valence-corrected chi connectivity index (χ3v) is 8.82. The van der Waals surface area contributed by atoms with Crippen molar-refractivity contribution >= 4 is 59.5 Å². The highest BCUT2D eigenvalue weighted by molar-refractivity contribution is 9.10. The van der Waals surface area contributed by atoms with Gasteiger partial charge in [-0.05, 0) is 78.3 Å². The first-order chi connectivity index (χ1) is 18.5. The molecular formula is C27H20BrFN6O3S. The van der Waals surface area contributed by atoms with Crippen molar-refractivity contribution in [3.63, 3.8) is 0 Å². The molecule has 0 bridgehead atoms. The topological polar surface area (TPSA) is 129 Å². The number of aryl methyl sites for hydroxylation is 2. The van der Waals surface area contributed by atoms with Crippen LogP contribution < -0.4 is 5.73 Å². The van der Waals surface area contributed by atoms with E-state index in [-0.39, 0.29) is 37.3 Å². The van der Waals surface area contributed by atoms with Gasteiger partial charge in [0.1, 0.15) is 23.2 Å². The number of benzene rings is 3. The number of fused-ring (bicyclic) bond motifs is 2. The molecule has 196 valence electrons. The molecule has 39 heavy (non-hydrogen) atoms. The van der Waals surface area contributed by atoms with Crippen LogP contribution in [0.3, 0.4) is 0 Å². The van der Waals surface area contributed by atoms with Gasteiger partial charge in [0, 0.05) is 5.39 Å². The van der Waals surface area contributed by atoms with Gasteiger partial charge < -0.3 is 10.7 Å². The van der Waals surface area contributed by atoms with Crippen LogP contribution >= 0.6 is 15.9 Å². The lowest BCUT2D eigenvalue weighted by molar-refractivity contribution is 0.103. The quantitative estimate of drug-likeness (QED) is 0.257. The molecule has 0 aliphatic heterocycles. The van der Waals surface area contributed by atoms with E-state index >= 15 is 0 Å². The van der Waals surface area contributed by atoms with E-state index in [1.807, 2.05) is 19.9 Å². The molecule has 0 radical (unpaired) electrons. The molecule has 3 aromatic carbocycles. The molecule has 9 nitrogen and oxygen atoms in total. The van der Waals surface area contributed by atoms with E-state index in [0.717, 1.165) is 20.9 Å². The van der Waals surface area contributed by atoms with Gasteiger partial charge in [0.15, 0.2) is 0 Å². The van der Waals surface area contributed by atoms with Gasteiger partial charge in [-0.2, -0.15) is 5.10 Å². The number of H-pyrrole nitrogens is 1. The first-order valence-corrected chi connectivity index (χ1v) is 14.0. The van der Waals surface area contributed by atoms with Crippen LogP contribution in [0.25, 0.3) is 27.6 Å². The molecule has 0 amide bonds. The summed E-state index contributed by atoms with van der Waals surface area (Å²) in [7, 11) is -4.26. The molecule has 0 atom stereocenters. The Hall–Kier alpha value is -4.29. The number of nitrogens with two attached hydrogens (primary N) is 1. The second-order valence-electron chi connectivity index (χ2n) is 9.15. The van der Waals surface area contributed by atoms with Crippen molar-refractivity contribution in [3.8, 4) is 5.69 Å². The van der Waals surface area contributed by atoms with E-state index in [9.17, 15) is 17.6 Å². The molecule has 6 rings (SSSR count). The lowest BCUT2D eigenvalue weighted by Crippen LogP contribution is -2.19. The maximum atomic E-state index is 14.4. The zero-order valence-electron chi connectivity index (χ0n) is 20.6. The summed E-state index contributed by atoms with van der Waals surface area (Å²) in [5.74, 6) is -0.512. The molecule has 6 aromatic rings. The molecule has 0 unspecified atom stereocenters. The molecule has 0 spiro atoms. The van der Waals surface area contributed by atoms with Crippen molar-refractivity contribution < 1.29 is 17.6 Å². The monoisotopic (exact) mass is 606 g/mol. The molecule has 3 aromatic heterocycles. The number of nitrogen functional groups attached to an aromatic ring is 1. The van der Waals surface area contributed by atoms with Crippen LogP contribution in [-0.2, 0) is 10.0 Å². The fourth-order valence-corrected chi connectivity index (χ4v) is 6.38. The predicted molar refractivity (Wildman–Crippen MR) is 149 cm³/mol. The van der Waals surface area contributed by atoms with Crippen LogP contribution in [0.2, 0.25) is 0 Å². The highest BCUT2D eigenvalue weighted by Gasteiger charge is 2.30. The van der Waals surface area contributed by atoms with E-state index in [0.29, 0.717) is 11.2 Å². The van der Waals surface area contributed by atoms with Crippen LogP contribution in [0.4, 0.5) is 10.2 Å². The zero-order chi connectivity index (χ0) is 27.6. The minimum atomic E-state index is -4.26. The highest BCUT2D eigenvalue weighted by Crippen LogP contribution is 2.32. The average Bonchev–Trinajstić information content (AvgIpc) is 3.57. The number of carbonyl (C=O) groups excluding carboxylic acids is 1. The van der Waals surface area contributed by atoms with Gasteiger partial charge in [-0.25, -0.2) is 26.4 Å². The normalized spacial score (nSPS) is 12.0. The fourth-order valence-electron chi connectivity index (χ4n) is 4.54. The Labute approximate surface area is 230 Å². The Morgan fingerprint density at radius 1 is 1.05 bits per heavy atom. The predicted octanol–water partition coefficient (Wildman–Crippen LogP) is 5.27. The van der Waals surface area contributed by atoms with Gasteiger partial charge in [0.2, 0.25) is 5.78 Å². The number of ketones is 1. The van der Waals surface area contributed by atoms with E-state index in [4.69, 9.17) is 5.73 Å². The maximum absolute atomic E-state index is 14.4. The van der Waals surface area contributed by atoms with E-state index in [1.54, 1.807) is 24.3 Å². The number of anilines is 1. The van der Waals surface area contributed by atoms with Crippen LogP contribution in [0.1, 0.15) is 27.4 Å². The number of aromatic nitrogens is 5. The Morgan fingerprint density at radius 3 is 2.54 bits per heavy atom. The molecule has 0 saturated heterocycles. The first kappa shape index (κ1) is 25.0. The van der Waals surface area contributed by atoms with Crippen LogP contribution in [-0.4, -0.2) is 37.9 Å². The van der Waals surface area contributed by atoms with Crippen molar-refractivity contribution in [3.05, 3.63) is 99.8 Å². The summed E-state index contributed by atoms with van der Waals surface area (Å²) in [4.78, 5) is 21.4. The summed E-state index contributed by atoms with van der Waals surface area (Å²) in [5, 5.41) is 4.53. The van der Waals surface area contributed by atoms with Gasteiger partial charge in [0.25, 0.3) is 10.0 Å². The number of hydrogen-bond donors (Lipinski definition) is 2. The van der Waals surface area contributed by atoms with Gasteiger partial charge in [-0.3, -0.25) is 4.79 Å². The lowest BCUT2D eigenvalue weighted by atomic mass is 10.1. The van der Waals surface area contributed by atoms with Crippen LogP contribution in [0.15, 0.2) is 76.2 Å². The number of hydrogen-bond acceptors (Lipinski definition) is 6. The Morgan fingerprint density at radius 2 is 1.79 bits per heavy atom. The Kier molecular flexibility index (Phi) is 5.70. The molecule has 3 N–H and O–H groups in total. The first-order valence-electron chi connectivity index (χ1n) is 11.7. The summed E-state index contributed by atoms with van der Waals surface area (Å²) in [6.45, 7) is 3.68. The number of nitrogens with zero attached hydrogens (tertiary/aromatic N) is 4. The van der Waals surface area contributed by atoms with Crippen molar-refractivity contribution in [2.24, 2.45) is 0 Å². The minimum Gasteiger partial charge on any atom is -0.383 e. The molecule has 0 aliphatic carbocycles. The minimum absolute atomic E-state index is 0.00370. The number of carbonyl (C=O) groups is 1. The summed E-state index contributed by atoms with van der Waals surface area (Å²) in [6.07, 6.45) is 1.29. The second-order valence-corrected chi connectivity index (χ2v) is 11.8. The molecule has 0 saturated carbocycles.